The van der Waals surface area contributed by atoms with E-state index in [4.69, 9.17) is 9.47 Å². The first-order valence-electron chi connectivity index (χ1n) is 6.87. The predicted octanol–water partition coefficient (Wildman–Crippen LogP) is 3.01. The van der Waals surface area contributed by atoms with Crippen LogP contribution in [0.3, 0.4) is 0 Å². The van der Waals surface area contributed by atoms with Crippen LogP contribution in [-0.4, -0.2) is 30.6 Å². The summed E-state index contributed by atoms with van der Waals surface area (Å²) in [5.74, 6) is -0.386. The van der Waals surface area contributed by atoms with Crippen LogP contribution in [-0.2, 0) is 14.3 Å². The number of benzene rings is 1. The van der Waals surface area contributed by atoms with Crippen LogP contribution in [0.2, 0.25) is 0 Å². The lowest BCUT2D eigenvalue weighted by Crippen LogP contribution is -2.39. The summed E-state index contributed by atoms with van der Waals surface area (Å²) in [6.07, 6.45) is 1.46. The topological polar surface area (TPSA) is 52.6 Å². The molecule has 110 valence electrons. The van der Waals surface area contributed by atoms with Crippen LogP contribution >= 0.6 is 0 Å². The van der Waals surface area contributed by atoms with Crippen LogP contribution < -0.4 is 0 Å². The summed E-state index contributed by atoms with van der Waals surface area (Å²) < 4.78 is 10.5. The van der Waals surface area contributed by atoms with Gasteiger partial charge in [0.05, 0.1) is 6.61 Å². The molecule has 0 aliphatic carbocycles. The van der Waals surface area contributed by atoms with Gasteiger partial charge in [-0.3, -0.25) is 9.59 Å². The Hall–Kier alpha value is -1.68. The molecule has 0 N–H and O–H groups in total. The number of carbonyl (C=O) groups excluding carboxylic acids is 2. The van der Waals surface area contributed by atoms with Crippen molar-refractivity contribution in [3.05, 3.63) is 35.9 Å². The summed E-state index contributed by atoms with van der Waals surface area (Å²) in [7, 11) is 0. The Bertz CT molecular complexity index is 441. The fraction of sp³-hybridized carbons (Fsp3) is 0.500. The van der Waals surface area contributed by atoms with E-state index in [1.54, 1.807) is 19.1 Å². The molecule has 0 aliphatic rings. The summed E-state index contributed by atoms with van der Waals surface area (Å²) in [4.78, 5) is 23.3. The van der Waals surface area contributed by atoms with Crippen molar-refractivity contribution in [1.29, 1.82) is 0 Å². The van der Waals surface area contributed by atoms with Gasteiger partial charge in [-0.2, -0.15) is 0 Å². The van der Waals surface area contributed by atoms with Crippen molar-refractivity contribution in [3.8, 4) is 0 Å². The molecule has 0 fully saturated rings. The zero-order valence-corrected chi connectivity index (χ0v) is 12.3. The van der Waals surface area contributed by atoms with Crippen LogP contribution in [0.4, 0.5) is 0 Å². The Morgan fingerprint density at radius 2 is 1.80 bits per heavy atom. The second kappa shape index (κ2) is 7.80. The van der Waals surface area contributed by atoms with Gasteiger partial charge in [0.1, 0.15) is 12.2 Å². The van der Waals surface area contributed by atoms with Crippen molar-refractivity contribution in [2.75, 3.05) is 13.2 Å². The molecule has 0 radical (unpaired) electrons. The molecule has 1 aromatic carbocycles. The van der Waals surface area contributed by atoms with Gasteiger partial charge in [-0.1, -0.05) is 43.7 Å². The second-order valence-electron chi connectivity index (χ2n) is 4.86. The Kier molecular flexibility index (Phi) is 6.39. The van der Waals surface area contributed by atoms with E-state index in [0.717, 1.165) is 6.42 Å². The van der Waals surface area contributed by atoms with Crippen LogP contribution in [0.5, 0.6) is 0 Å². The van der Waals surface area contributed by atoms with E-state index in [1.807, 2.05) is 25.1 Å². The summed E-state index contributed by atoms with van der Waals surface area (Å²) in [5.41, 5.74) is -0.244. The Balaban J connectivity index is 2.70. The standard InChI is InChI=1S/C16H22O4/c1-4-10-16(3,20-12-11-19-13(2)17)15(18)14-8-6-5-7-9-14/h5-9H,4,10-12H2,1-3H3. The SMILES string of the molecule is CCCC(C)(OCCOC(C)=O)C(=O)c1ccccc1. The number of esters is 1. The Labute approximate surface area is 120 Å². The molecule has 0 spiro atoms. The third kappa shape index (κ3) is 4.78. The van der Waals surface area contributed by atoms with Gasteiger partial charge >= 0.3 is 5.97 Å². The summed E-state index contributed by atoms with van der Waals surface area (Å²) in [6, 6.07) is 9.10. The highest BCUT2D eigenvalue weighted by Gasteiger charge is 2.33. The third-order valence-electron chi connectivity index (χ3n) is 3.05. The maximum absolute atomic E-state index is 12.6. The lowest BCUT2D eigenvalue weighted by molar-refractivity contribution is -0.144. The van der Waals surface area contributed by atoms with Gasteiger partial charge in [0.15, 0.2) is 5.78 Å². The number of hydrogen-bond acceptors (Lipinski definition) is 4. The van der Waals surface area contributed by atoms with Crippen LogP contribution in [0.1, 0.15) is 44.0 Å². The highest BCUT2D eigenvalue weighted by molar-refractivity contribution is 6.02. The zero-order chi connectivity index (χ0) is 15.0. The van der Waals surface area contributed by atoms with E-state index in [2.05, 4.69) is 0 Å². The molecule has 4 heteroatoms. The quantitative estimate of drug-likeness (QED) is 0.417. The minimum atomic E-state index is -0.879. The molecule has 0 saturated carbocycles. The minimum absolute atomic E-state index is 0.0391. The minimum Gasteiger partial charge on any atom is -0.463 e. The fourth-order valence-corrected chi connectivity index (χ4v) is 2.08. The van der Waals surface area contributed by atoms with Crippen molar-refractivity contribution in [2.45, 2.75) is 39.2 Å². The van der Waals surface area contributed by atoms with Gasteiger partial charge in [-0.05, 0) is 13.3 Å². The van der Waals surface area contributed by atoms with Crippen molar-refractivity contribution in [2.24, 2.45) is 0 Å². The normalized spacial score (nSPS) is 13.6. The lowest BCUT2D eigenvalue weighted by atomic mass is 9.90. The number of rotatable bonds is 8. The molecule has 1 atom stereocenters. The van der Waals surface area contributed by atoms with E-state index >= 15 is 0 Å². The van der Waals surface area contributed by atoms with Crippen molar-refractivity contribution < 1.29 is 19.1 Å². The second-order valence-corrected chi connectivity index (χ2v) is 4.86. The molecule has 1 rings (SSSR count). The molecule has 0 aliphatic heterocycles. The van der Waals surface area contributed by atoms with E-state index in [-0.39, 0.29) is 25.0 Å². The van der Waals surface area contributed by atoms with Gasteiger partial charge in [-0.15, -0.1) is 0 Å². The molecule has 1 aromatic rings. The van der Waals surface area contributed by atoms with Gasteiger partial charge in [-0.25, -0.2) is 0 Å². The molecular formula is C16H22O4. The lowest BCUT2D eigenvalue weighted by Gasteiger charge is -2.28. The molecule has 0 amide bonds. The first kappa shape index (κ1) is 16.4. The number of hydrogen-bond donors (Lipinski definition) is 0. The molecule has 0 saturated heterocycles. The molecule has 0 aromatic heterocycles. The molecule has 0 heterocycles. The smallest absolute Gasteiger partial charge is 0.302 e. The van der Waals surface area contributed by atoms with E-state index in [0.29, 0.717) is 12.0 Å². The average Bonchev–Trinajstić information content (AvgIpc) is 2.44. The summed E-state index contributed by atoms with van der Waals surface area (Å²) in [6.45, 7) is 5.53. The van der Waals surface area contributed by atoms with Crippen molar-refractivity contribution in [3.63, 3.8) is 0 Å². The first-order valence-corrected chi connectivity index (χ1v) is 6.87. The van der Waals surface area contributed by atoms with Crippen molar-refractivity contribution in [1.82, 2.24) is 0 Å². The molecule has 1 unspecified atom stereocenters. The fourth-order valence-electron chi connectivity index (χ4n) is 2.08. The highest BCUT2D eigenvalue weighted by atomic mass is 16.6. The molecule has 0 bridgehead atoms. The molecule has 4 nitrogen and oxygen atoms in total. The zero-order valence-electron chi connectivity index (χ0n) is 12.3. The predicted molar refractivity (Wildman–Crippen MR) is 76.7 cm³/mol. The number of carbonyl (C=O) groups is 2. The number of Topliss-reactive ketones (excluding diaryl/α,β-unsaturated/α-hetero) is 1. The number of ketones is 1. The van der Waals surface area contributed by atoms with Crippen molar-refractivity contribution >= 4 is 11.8 Å². The largest absolute Gasteiger partial charge is 0.463 e. The van der Waals surface area contributed by atoms with Gasteiger partial charge in [0.2, 0.25) is 0 Å². The third-order valence-corrected chi connectivity index (χ3v) is 3.05. The summed E-state index contributed by atoms with van der Waals surface area (Å²) in [5, 5.41) is 0. The molecule has 20 heavy (non-hydrogen) atoms. The van der Waals surface area contributed by atoms with Crippen LogP contribution in [0.25, 0.3) is 0 Å². The van der Waals surface area contributed by atoms with Gasteiger partial charge in [0, 0.05) is 12.5 Å². The maximum atomic E-state index is 12.6. The maximum Gasteiger partial charge on any atom is 0.302 e. The van der Waals surface area contributed by atoms with Gasteiger partial charge in [0.25, 0.3) is 0 Å². The van der Waals surface area contributed by atoms with Crippen LogP contribution in [0.15, 0.2) is 30.3 Å². The molecular weight excluding hydrogens is 256 g/mol. The highest BCUT2D eigenvalue weighted by Crippen LogP contribution is 2.23. The van der Waals surface area contributed by atoms with Crippen LogP contribution in [0, 0.1) is 0 Å². The number of ether oxygens (including phenoxy) is 2. The van der Waals surface area contributed by atoms with E-state index in [9.17, 15) is 9.59 Å². The first-order chi connectivity index (χ1) is 9.49. The monoisotopic (exact) mass is 278 g/mol. The summed E-state index contributed by atoms with van der Waals surface area (Å²) >= 11 is 0. The van der Waals surface area contributed by atoms with Gasteiger partial charge < -0.3 is 9.47 Å². The van der Waals surface area contributed by atoms with E-state index < -0.39 is 5.60 Å². The Morgan fingerprint density at radius 3 is 2.35 bits per heavy atom. The average molecular weight is 278 g/mol. The Morgan fingerprint density at radius 1 is 1.15 bits per heavy atom. The van der Waals surface area contributed by atoms with E-state index in [1.165, 1.54) is 6.92 Å².